The van der Waals surface area contributed by atoms with Crippen molar-refractivity contribution in [2.75, 3.05) is 6.26 Å². The monoisotopic (exact) mass is 234 g/mol. The van der Waals surface area contributed by atoms with Crippen LogP contribution in [0, 0.1) is 28.6 Å². The van der Waals surface area contributed by atoms with E-state index in [-0.39, 0.29) is 16.4 Å². The molecule has 1 N–H and O–H groups in total. The van der Waals surface area contributed by atoms with Gasteiger partial charge in [0.05, 0.1) is 5.56 Å². The molecule has 0 atom stereocenters. The Balaban J connectivity index is 3.23. The van der Waals surface area contributed by atoms with E-state index in [0.29, 0.717) is 0 Å². The van der Waals surface area contributed by atoms with E-state index in [9.17, 15) is 4.39 Å². The summed E-state index contributed by atoms with van der Waals surface area (Å²) in [5, 5.41) is 19.7. The van der Waals surface area contributed by atoms with Gasteiger partial charge in [-0.25, -0.2) is 9.38 Å². The van der Waals surface area contributed by atoms with E-state index in [4.69, 9.17) is 10.5 Å². The molecule has 0 unspecified atom stereocenters. The number of halogens is 1. The van der Waals surface area contributed by atoms with E-state index in [1.807, 2.05) is 6.07 Å². The van der Waals surface area contributed by atoms with Crippen molar-refractivity contribution in [1.29, 1.82) is 10.5 Å². The third-order valence-corrected chi connectivity index (χ3v) is 2.26. The SMILES string of the molecule is CSC(=Nc1c(F)cccc1C#N)NC#N. The third-order valence-electron chi connectivity index (χ3n) is 1.68. The van der Waals surface area contributed by atoms with Crippen molar-refractivity contribution >= 4 is 22.6 Å². The number of nitrogens with one attached hydrogen (secondary N) is 1. The van der Waals surface area contributed by atoms with Gasteiger partial charge in [-0.05, 0) is 18.4 Å². The largest absolute Gasteiger partial charge is 0.271 e. The molecule has 80 valence electrons. The quantitative estimate of drug-likeness (QED) is 0.349. The zero-order chi connectivity index (χ0) is 12.0. The van der Waals surface area contributed by atoms with Gasteiger partial charge in [-0.3, -0.25) is 5.32 Å². The molecule has 0 aromatic heterocycles. The summed E-state index contributed by atoms with van der Waals surface area (Å²) in [7, 11) is 0. The lowest BCUT2D eigenvalue weighted by molar-refractivity contribution is 0.629. The summed E-state index contributed by atoms with van der Waals surface area (Å²) in [6.07, 6.45) is 3.38. The van der Waals surface area contributed by atoms with Crippen molar-refractivity contribution in [2.45, 2.75) is 0 Å². The number of thioether (sulfide) groups is 1. The predicted molar refractivity (Wildman–Crippen MR) is 60.5 cm³/mol. The lowest BCUT2D eigenvalue weighted by Gasteiger charge is -2.02. The number of hydrogen-bond donors (Lipinski definition) is 1. The first-order valence-electron chi connectivity index (χ1n) is 4.19. The molecular formula is C10H7FN4S. The fourth-order valence-electron chi connectivity index (χ4n) is 0.993. The number of hydrogen-bond acceptors (Lipinski definition) is 4. The summed E-state index contributed by atoms with van der Waals surface area (Å²) >= 11 is 1.16. The van der Waals surface area contributed by atoms with E-state index in [0.717, 1.165) is 11.8 Å². The van der Waals surface area contributed by atoms with Gasteiger partial charge in [-0.1, -0.05) is 17.8 Å². The topological polar surface area (TPSA) is 72.0 Å². The molecule has 1 rings (SSSR count). The molecule has 6 heteroatoms. The predicted octanol–water partition coefficient (Wildman–Crippen LogP) is 2.12. The van der Waals surface area contributed by atoms with Crippen LogP contribution in [-0.2, 0) is 0 Å². The van der Waals surface area contributed by atoms with Crippen molar-refractivity contribution in [2.24, 2.45) is 4.99 Å². The molecule has 0 heterocycles. The summed E-state index contributed by atoms with van der Waals surface area (Å²) in [6.45, 7) is 0. The Morgan fingerprint density at radius 1 is 1.50 bits per heavy atom. The van der Waals surface area contributed by atoms with Crippen LogP contribution in [0.4, 0.5) is 10.1 Å². The maximum atomic E-state index is 13.4. The van der Waals surface area contributed by atoms with Crippen LogP contribution in [0.2, 0.25) is 0 Å². The second kappa shape index (κ2) is 5.74. The van der Waals surface area contributed by atoms with Crippen LogP contribution in [-0.4, -0.2) is 11.4 Å². The van der Waals surface area contributed by atoms with Crippen molar-refractivity contribution in [3.63, 3.8) is 0 Å². The molecule has 16 heavy (non-hydrogen) atoms. The average molecular weight is 234 g/mol. The average Bonchev–Trinajstić information content (AvgIpc) is 2.30. The molecule has 4 nitrogen and oxygen atoms in total. The summed E-state index contributed by atoms with van der Waals surface area (Å²) in [5.74, 6) is -0.592. The Hall–Kier alpha value is -2.05. The molecular weight excluding hydrogens is 227 g/mol. The van der Waals surface area contributed by atoms with Gasteiger partial charge in [-0.2, -0.15) is 10.5 Å². The zero-order valence-corrected chi connectivity index (χ0v) is 9.18. The van der Waals surface area contributed by atoms with Crippen LogP contribution in [0.5, 0.6) is 0 Å². The van der Waals surface area contributed by atoms with Crippen LogP contribution in [0.25, 0.3) is 0 Å². The lowest BCUT2D eigenvalue weighted by atomic mass is 10.2. The molecule has 0 bridgehead atoms. The van der Waals surface area contributed by atoms with Crippen LogP contribution >= 0.6 is 11.8 Å². The van der Waals surface area contributed by atoms with Gasteiger partial charge in [-0.15, -0.1) is 0 Å². The Kier molecular flexibility index (Phi) is 4.31. The zero-order valence-electron chi connectivity index (χ0n) is 8.36. The first-order chi connectivity index (χ1) is 7.72. The second-order valence-electron chi connectivity index (χ2n) is 2.61. The molecule has 1 aromatic rings. The minimum Gasteiger partial charge on any atom is -0.271 e. The number of aliphatic imine (C=N–C) groups is 1. The highest BCUT2D eigenvalue weighted by Gasteiger charge is 2.08. The minimum atomic E-state index is -0.592. The van der Waals surface area contributed by atoms with Gasteiger partial charge >= 0.3 is 0 Å². The van der Waals surface area contributed by atoms with E-state index >= 15 is 0 Å². The number of para-hydroxylation sites is 1. The van der Waals surface area contributed by atoms with Gasteiger partial charge < -0.3 is 0 Å². The maximum Gasteiger partial charge on any atom is 0.183 e. The number of nitrogens with zero attached hydrogens (tertiary/aromatic N) is 3. The van der Waals surface area contributed by atoms with Crippen LogP contribution in [0.1, 0.15) is 5.56 Å². The molecule has 0 fully saturated rings. The standard InChI is InChI=1S/C10H7FN4S/c1-16-10(14-6-13)15-9-7(5-12)3-2-4-8(9)11/h2-4H,1H3,(H,14,15). The molecule has 0 aliphatic carbocycles. The minimum absolute atomic E-state index is 0.0582. The first kappa shape index (κ1) is 12.0. The number of amidine groups is 1. The van der Waals surface area contributed by atoms with Crippen molar-refractivity contribution in [3.8, 4) is 12.3 Å². The van der Waals surface area contributed by atoms with Gasteiger partial charge in [0.15, 0.2) is 11.4 Å². The Morgan fingerprint density at radius 3 is 2.81 bits per heavy atom. The molecule has 0 radical (unpaired) electrons. The highest BCUT2D eigenvalue weighted by Crippen LogP contribution is 2.23. The summed E-state index contributed by atoms with van der Waals surface area (Å²) in [5.41, 5.74) is 0.0726. The van der Waals surface area contributed by atoms with Gasteiger partial charge in [0.25, 0.3) is 0 Å². The fourth-order valence-corrected chi connectivity index (χ4v) is 1.32. The highest BCUT2D eigenvalue weighted by molar-refractivity contribution is 8.13. The van der Waals surface area contributed by atoms with E-state index in [1.165, 1.54) is 18.2 Å². The molecule has 0 amide bonds. The highest BCUT2D eigenvalue weighted by atomic mass is 32.2. The summed E-state index contributed by atoms with van der Waals surface area (Å²) in [6, 6.07) is 5.95. The number of rotatable bonds is 1. The third kappa shape index (κ3) is 2.72. The van der Waals surface area contributed by atoms with Crippen molar-refractivity contribution in [1.82, 2.24) is 5.32 Å². The second-order valence-corrected chi connectivity index (χ2v) is 3.40. The molecule has 0 saturated heterocycles. The Bertz CT molecular complexity index is 499. The Morgan fingerprint density at radius 2 is 2.25 bits per heavy atom. The van der Waals surface area contributed by atoms with E-state index < -0.39 is 5.82 Å². The number of nitriles is 2. The molecule has 0 aliphatic rings. The van der Waals surface area contributed by atoms with Gasteiger partial charge in [0, 0.05) is 0 Å². The van der Waals surface area contributed by atoms with E-state index in [2.05, 4.69) is 10.3 Å². The van der Waals surface area contributed by atoms with Crippen LogP contribution in [0.3, 0.4) is 0 Å². The lowest BCUT2D eigenvalue weighted by Crippen LogP contribution is -2.12. The molecule has 0 aliphatic heterocycles. The van der Waals surface area contributed by atoms with Gasteiger partial charge in [0.2, 0.25) is 0 Å². The van der Waals surface area contributed by atoms with Crippen molar-refractivity contribution in [3.05, 3.63) is 29.6 Å². The maximum absolute atomic E-state index is 13.4. The summed E-state index contributed by atoms with van der Waals surface area (Å²) < 4.78 is 13.4. The Labute approximate surface area is 96.4 Å². The van der Waals surface area contributed by atoms with Crippen molar-refractivity contribution < 1.29 is 4.39 Å². The normalized spacial score (nSPS) is 10.4. The van der Waals surface area contributed by atoms with Crippen LogP contribution in [0.15, 0.2) is 23.2 Å². The smallest absolute Gasteiger partial charge is 0.183 e. The fraction of sp³-hybridized carbons (Fsp3) is 0.100. The molecule has 0 spiro atoms. The number of benzene rings is 1. The summed E-state index contributed by atoms with van der Waals surface area (Å²) in [4.78, 5) is 3.89. The first-order valence-corrected chi connectivity index (χ1v) is 5.41. The molecule has 0 saturated carbocycles. The van der Waals surface area contributed by atoms with Gasteiger partial charge in [0.1, 0.15) is 17.6 Å². The molecule has 1 aromatic carbocycles. The van der Waals surface area contributed by atoms with Crippen LogP contribution < -0.4 is 5.32 Å². The van der Waals surface area contributed by atoms with E-state index in [1.54, 1.807) is 12.4 Å².